The first-order valence-electron chi connectivity index (χ1n) is 15.2. The molecular weight excluding hydrogens is 562 g/mol. The van der Waals surface area contributed by atoms with E-state index >= 15 is 0 Å². The fraction of sp³-hybridized carbons (Fsp3) is 0.412. The Labute approximate surface area is 257 Å². The van der Waals surface area contributed by atoms with E-state index in [-0.39, 0.29) is 38.1 Å². The zero-order valence-electron chi connectivity index (χ0n) is 25.0. The number of urea groups is 1. The zero-order chi connectivity index (χ0) is 30.9. The van der Waals surface area contributed by atoms with Crippen molar-refractivity contribution in [1.29, 1.82) is 0 Å². The summed E-state index contributed by atoms with van der Waals surface area (Å²) in [5, 5.41) is 24.8. The SMILES string of the molecule is CCOC(=O)CNC(=O)NCc1cccc(-c2cccc(C3OC(CN4CCC(O)C4)CC(c4ccc(CO)cc4)O3)c2)c1. The van der Waals surface area contributed by atoms with Crippen LogP contribution in [0.25, 0.3) is 11.1 Å². The summed E-state index contributed by atoms with van der Waals surface area (Å²) >= 11 is 0. The summed E-state index contributed by atoms with van der Waals surface area (Å²) in [4.78, 5) is 25.9. The number of carbonyl (C=O) groups is 2. The van der Waals surface area contributed by atoms with Crippen molar-refractivity contribution in [3.8, 4) is 11.1 Å². The van der Waals surface area contributed by atoms with Gasteiger partial charge < -0.3 is 35.1 Å². The average molecular weight is 604 g/mol. The molecule has 0 aliphatic carbocycles. The molecule has 3 aromatic carbocycles. The Balaban J connectivity index is 1.29. The molecule has 4 unspecified atom stereocenters. The highest BCUT2D eigenvalue weighted by Gasteiger charge is 2.34. The summed E-state index contributed by atoms with van der Waals surface area (Å²) in [7, 11) is 0. The maximum atomic E-state index is 12.1. The molecule has 3 aromatic rings. The summed E-state index contributed by atoms with van der Waals surface area (Å²) in [5.41, 5.74) is 5.65. The van der Waals surface area contributed by atoms with E-state index in [0.29, 0.717) is 26.1 Å². The van der Waals surface area contributed by atoms with Gasteiger partial charge in [0, 0.05) is 38.2 Å². The summed E-state index contributed by atoms with van der Waals surface area (Å²) < 4.78 is 17.9. The largest absolute Gasteiger partial charge is 0.465 e. The van der Waals surface area contributed by atoms with E-state index in [1.807, 2.05) is 66.7 Å². The molecule has 2 aliphatic heterocycles. The molecule has 4 atom stereocenters. The van der Waals surface area contributed by atoms with E-state index < -0.39 is 18.3 Å². The number of nitrogens with one attached hydrogen (secondary N) is 2. The fourth-order valence-corrected chi connectivity index (χ4v) is 5.63. The number of likely N-dealkylation sites (tertiary alicyclic amines) is 1. The molecule has 0 bridgehead atoms. The number of aliphatic hydroxyl groups is 2. The Bertz CT molecular complexity index is 1400. The first-order valence-corrected chi connectivity index (χ1v) is 15.2. The van der Waals surface area contributed by atoms with Crippen LogP contribution < -0.4 is 10.6 Å². The third-order valence-electron chi connectivity index (χ3n) is 7.90. The van der Waals surface area contributed by atoms with Gasteiger partial charge in [-0.25, -0.2) is 4.79 Å². The lowest BCUT2D eigenvalue weighted by Gasteiger charge is -2.38. The molecule has 2 aliphatic rings. The first kappa shape index (κ1) is 31.6. The van der Waals surface area contributed by atoms with Crippen molar-refractivity contribution >= 4 is 12.0 Å². The van der Waals surface area contributed by atoms with Crippen molar-refractivity contribution < 1.29 is 34.0 Å². The number of amides is 2. The summed E-state index contributed by atoms with van der Waals surface area (Å²) in [6.07, 6.45) is 0.296. The number of esters is 1. The van der Waals surface area contributed by atoms with E-state index in [4.69, 9.17) is 14.2 Å². The van der Waals surface area contributed by atoms with Crippen molar-refractivity contribution in [3.05, 3.63) is 95.1 Å². The molecule has 0 aromatic heterocycles. The van der Waals surface area contributed by atoms with Crippen molar-refractivity contribution in [2.75, 3.05) is 32.8 Å². The van der Waals surface area contributed by atoms with Crippen LogP contribution >= 0.6 is 0 Å². The van der Waals surface area contributed by atoms with Gasteiger partial charge in [0.05, 0.1) is 31.5 Å². The van der Waals surface area contributed by atoms with Crippen LogP contribution in [0.5, 0.6) is 0 Å². The van der Waals surface area contributed by atoms with E-state index in [2.05, 4.69) is 21.6 Å². The van der Waals surface area contributed by atoms with Gasteiger partial charge in [-0.2, -0.15) is 0 Å². The maximum Gasteiger partial charge on any atom is 0.325 e. The molecular formula is C34H41N3O7. The summed E-state index contributed by atoms with van der Waals surface area (Å²) in [6, 6.07) is 23.4. The second-order valence-electron chi connectivity index (χ2n) is 11.2. The van der Waals surface area contributed by atoms with Gasteiger partial charge in [0.2, 0.25) is 0 Å². The lowest BCUT2D eigenvalue weighted by Crippen LogP contribution is -2.38. The quantitative estimate of drug-likeness (QED) is 0.244. The predicted molar refractivity (Wildman–Crippen MR) is 164 cm³/mol. The smallest absolute Gasteiger partial charge is 0.325 e. The number of hydrogen-bond acceptors (Lipinski definition) is 8. The number of rotatable bonds is 11. The molecule has 10 nitrogen and oxygen atoms in total. The van der Waals surface area contributed by atoms with Crippen molar-refractivity contribution in [1.82, 2.24) is 15.5 Å². The number of carbonyl (C=O) groups excluding carboxylic acids is 2. The molecule has 5 rings (SSSR count). The second-order valence-corrected chi connectivity index (χ2v) is 11.2. The summed E-state index contributed by atoms with van der Waals surface area (Å²) in [6.45, 7) is 4.28. The molecule has 2 amide bonds. The van der Waals surface area contributed by atoms with Gasteiger partial charge in [-0.1, -0.05) is 60.7 Å². The number of nitrogens with zero attached hydrogens (tertiary/aromatic N) is 1. The Morgan fingerprint density at radius 1 is 0.955 bits per heavy atom. The topological polar surface area (TPSA) is 130 Å². The third kappa shape index (κ3) is 8.64. The molecule has 0 spiro atoms. The molecule has 2 fully saturated rings. The molecule has 0 saturated carbocycles. The molecule has 44 heavy (non-hydrogen) atoms. The number of aliphatic hydroxyl groups excluding tert-OH is 2. The van der Waals surface area contributed by atoms with Gasteiger partial charge in [-0.3, -0.25) is 9.69 Å². The highest BCUT2D eigenvalue weighted by atomic mass is 16.7. The van der Waals surface area contributed by atoms with Crippen LogP contribution in [0.4, 0.5) is 4.79 Å². The van der Waals surface area contributed by atoms with Gasteiger partial charge >= 0.3 is 12.0 Å². The second kappa shape index (κ2) is 15.3. The lowest BCUT2D eigenvalue weighted by molar-refractivity contribution is -0.252. The van der Waals surface area contributed by atoms with E-state index in [1.54, 1.807) is 6.92 Å². The Hall–Kier alpha value is -3.80. The highest BCUT2D eigenvalue weighted by molar-refractivity contribution is 5.80. The fourth-order valence-electron chi connectivity index (χ4n) is 5.63. The van der Waals surface area contributed by atoms with Gasteiger partial charge in [0.15, 0.2) is 6.29 Å². The van der Waals surface area contributed by atoms with Crippen molar-refractivity contribution in [2.45, 2.75) is 57.5 Å². The van der Waals surface area contributed by atoms with Crippen LogP contribution in [0.3, 0.4) is 0 Å². The van der Waals surface area contributed by atoms with Gasteiger partial charge in [0.1, 0.15) is 6.54 Å². The van der Waals surface area contributed by atoms with Gasteiger partial charge in [-0.05, 0) is 53.3 Å². The minimum Gasteiger partial charge on any atom is -0.465 e. The van der Waals surface area contributed by atoms with Gasteiger partial charge in [0.25, 0.3) is 0 Å². The van der Waals surface area contributed by atoms with Crippen LogP contribution in [-0.4, -0.2) is 72.1 Å². The predicted octanol–water partition coefficient (Wildman–Crippen LogP) is 3.82. The number of hydrogen-bond donors (Lipinski definition) is 4. The van der Waals surface area contributed by atoms with Crippen LogP contribution in [0.1, 0.15) is 54.4 Å². The third-order valence-corrected chi connectivity index (χ3v) is 7.90. The Morgan fingerprint density at radius 2 is 1.73 bits per heavy atom. The standard InChI is InChI=1S/C34H41N3O7/c1-2-42-32(40)19-36-34(41)35-18-24-5-3-6-26(15-24)27-7-4-8-28(16-27)33-43-30(21-37-14-13-29(39)20-37)17-31(44-33)25-11-9-23(22-38)10-12-25/h3-12,15-16,29-31,33,38-39H,2,13-14,17-22H2,1H3,(H2,35,36,41). The van der Waals surface area contributed by atoms with Crippen LogP contribution in [0, 0.1) is 0 Å². The van der Waals surface area contributed by atoms with Crippen LogP contribution in [-0.2, 0) is 32.2 Å². The molecule has 2 saturated heterocycles. The maximum absolute atomic E-state index is 12.1. The normalized spacial score (nSPS) is 22.0. The lowest BCUT2D eigenvalue weighted by atomic mass is 9.98. The number of benzene rings is 3. The minimum absolute atomic E-state index is 0.00973. The van der Waals surface area contributed by atoms with E-state index in [1.165, 1.54) is 0 Å². The average Bonchev–Trinajstić information content (AvgIpc) is 3.47. The van der Waals surface area contributed by atoms with Crippen molar-refractivity contribution in [3.63, 3.8) is 0 Å². The monoisotopic (exact) mass is 603 g/mol. The van der Waals surface area contributed by atoms with Crippen LogP contribution in [0.2, 0.25) is 0 Å². The Kier molecular flexibility index (Phi) is 11.0. The number of β-amino-alcohol motifs (C(OH)–C–C–N with tert-alkyl or cyclic N) is 1. The van der Waals surface area contributed by atoms with E-state index in [0.717, 1.165) is 46.3 Å². The molecule has 4 N–H and O–H groups in total. The van der Waals surface area contributed by atoms with Gasteiger partial charge in [-0.15, -0.1) is 0 Å². The first-order chi connectivity index (χ1) is 21.4. The minimum atomic E-state index is -0.586. The molecule has 2 heterocycles. The molecule has 10 heteroatoms. The highest BCUT2D eigenvalue weighted by Crippen LogP contribution is 2.39. The van der Waals surface area contributed by atoms with Crippen LogP contribution in [0.15, 0.2) is 72.8 Å². The van der Waals surface area contributed by atoms with Crippen molar-refractivity contribution in [2.24, 2.45) is 0 Å². The molecule has 234 valence electrons. The summed E-state index contributed by atoms with van der Waals surface area (Å²) in [5.74, 6) is -0.484. The molecule has 0 radical (unpaired) electrons. The Morgan fingerprint density at radius 3 is 2.45 bits per heavy atom. The van der Waals surface area contributed by atoms with E-state index in [9.17, 15) is 19.8 Å². The number of ether oxygens (including phenoxy) is 3. The zero-order valence-corrected chi connectivity index (χ0v) is 25.0.